The molecule has 0 aromatic heterocycles. The van der Waals surface area contributed by atoms with Gasteiger partial charge in [0, 0.05) is 44.5 Å². The zero-order chi connectivity index (χ0) is 23.9. The van der Waals surface area contributed by atoms with E-state index in [1.165, 1.54) is 41.8 Å². The SMILES string of the molecule is COc1cc(N2CCN(CCc3ccc(OCCCNCC4CC4)c(C)c3C)CC2)ccc1Cl. The van der Waals surface area contributed by atoms with E-state index < -0.39 is 0 Å². The molecule has 1 saturated heterocycles. The molecule has 0 unspecified atom stereocenters. The third kappa shape index (κ3) is 6.80. The Balaban J connectivity index is 1.20. The van der Waals surface area contributed by atoms with Crippen LogP contribution < -0.4 is 19.7 Å². The highest BCUT2D eigenvalue weighted by atomic mass is 35.5. The van der Waals surface area contributed by atoms with E-state index in [0.29, 0.717) is 5.02 Å². The van der Waals surface area contributed by atoms with Crippen molar-refractivity contribution in [1.82, 2.24) is 10.2 Å². The zero-order valence-electron chi connectivity index (χ0n) is 21.0. The normalized spacial score (nSPS) is 16.6. The lowest BCUT2D eigenvalue weighted by Crippen LogP contribution is -2.47. The van der Waals surface area contributed by atoms with Gasteiger partial charge in [-0.25, -0.2) is 0 Å². The van der Waals surface area contributed by atoms with Crippen molar-refractivity contribution in [2.75, 3.05) is 64.4 Å². The summed E-state index contributed by atoms with van der Waals surface area (Å²) in [6.45, 7) is 12.7. The van der Waals surface area contributed by atoms with E-state index in [0.717, 1.165) is 76.1 Å². The van der Waals surface area contributed by atoms with E-state index in [1.54, 1.807) is 7.11 Å². The van der Waals surface area contributed by atoms with Gasteiger partial charge in [0.15, 0.2) is 0 Å². The fraction of sp³-hybridized carbons (Fsp3) is 0.571. The van der Waals surface area contributed by atoms with E-state index in [9.17, 15) is 0 Å². The number of nitrogens with one attached hydrogen (secondary N) is 1. The third-order valence-electron chi connectivity index (χ3n) is 7.30. The molecule has 186 valence electrons. The number of piperazine rings is 1. The summed E-state index contributed by atoms with van der Waals surface area (Å²) in [6, 6.07) is 10.5. The van der Waals surface area contributed by atoms with E-state index in [-0.39, 0.29) is 0 Å². The molecule has 0 bridgehead atoms. The van der Waals surface area contributed by atoms with Crippen molar-refractivity contribution >= 4 is 17.3 Å². The molecular weight excluding hydrogens is 446 g/mol. The second-order valence-electron chi connectivity index (χ2n) is 9.72. The summed E-state index contributed by atoms with van der Waals surface area (Å²) in [6.07, 6.45) is 4.95. The average molecular weight is 486 g/mol. The lowest BCUT2D eigenvalue weighted by molar-refractivity contribution is 0.260. The Morgan fingerprint density at radius 3 is 2.53 bits per heavy atom. The van der Waals surface area contributed by atoms with E-state index in [1.807, 2.05) is 12.1 Å². The Morgan fingerprint density at radius 1 is 1.00 bits per heavy atom. The molecule has 1 aliphatic heterocycles. The molecule has 1 saturated carbocycles. The molecule has 5 nitrogen and oxygen atoms in total. The summed E-state index contributed by atoms with van der Waals surface area (Å²) in [4.78, 5) is 4.98. The minimum atomic E-state index is 0.660. The number of ether oxygens (including phenoxy) is 2. The van der Waals surface area contributed by atoms with Gasteiger partial charge in [0.25, 0.3) is 0 Å². The number of rotatable bonds is 12. The Hall–Kier alpha value is -1.95. The number of halogens is 1. The Kier molecular flexibility index (Phi) is 8.98. The minimum absolute atomic E-state index is 0.660. The molecule has 2 fully saturated rings. The fourth-order valence-corrected chi connectivity index (χ4v) is 4.83. The van der Waals surface area contributed by atoms with Gasteiger partial charge in [-0.1, -0.05) is 17.7 Å². The van der Waals surface area contributed by atoms with Crippen LogP contribution in [-0.4, -0.2) is 64.4 Å². The van der Waals surface area contributed by atoms with Gasteiger partial charge in [0.05, 0.1) is 18.7 Å². The Morgan fingerprint density at radius 2 is 1.79 bits per heavy atom. The summed E-state index contributed by atoms with van der Waals surface area (Å²) < 4.78 is 11.5. The lowest BCUT2D eigenvalue weighted by Gasteiger charge is -2.36. The van der Waals surface area contributed by atoms with Gasteiger partial charge in [-0.15, -0.1) is 0 Å². The Bertz CT molecular complexity index is 939. The first-order chi connectivity index (χ1) is 16.5. The smallest absolute Gasteiger partial charge is 0.139 e. The molecule has 1 aliphatic carbocycles. The first-order valence-corrected chi connectivity index (χ1v) is 13.2. The molecule has 2 aromatic rings. The predicted octanol–water partition coefficient (Wildman–Crippen LogP) is 5.10. The molecule has 4 rings (SSSR count). The zero-order valence-corrected chi connectivity index (χ0v) is 21.8. The fourth-order valence-electron chi connectivity index (χ4n) is 4.64. The summed E-state index contributed by atoms with van der Waals surface area (Å²) in [5, 5.41) is 4.20. The van der Waals surface area contributed by atoms with Crippen molar-refractivity contribution in [2.24, 2.45) is 5.92 Å². The molecule has 0 spiro atoms. The summed E-state index contributed by atoms with van der Waals surface area (Å²) in [5.41, 5.74) is 5.27. The maximum absolute atomic E-state index is 6.18. The molecule has 34 heavy (non-hydrogen) atoms. The molecule has 2 aromatic carbocycles. The molecule has 2 aliphatic rings. The van der Waals surface area contributed by atoms with Crippen molar-refractivity contribution in [2.45, 2.75) is 39.5 Å². The van der Waals surface area contributed by atoms with Crippen molar-refractivity contribution in [1.29, 1.82) is 0 Å². The molecule has 6 heteroatoms. The van der Waals surface area contributed by atoms with Gasteiger partial charge in [0.1, 0.15) is 11.5 Å². The van der Waals surface area contributed by atoms with Crippen molar-refractivity contribution < 1.29 is 9.47 Å². The number of hydrogen-bond donors (Lipinski definition) is 1. The van der Waals surface area contributed by atoms with Crippen LogP contribution in [0.1, 0.15) is 36.0 Å². The van der Waals surface area contributed by atoms with E-state index >= 15 is 0 Å². The highest BCUT2D eigenvalue weighted by Crippen LogP contribution is 2.30. The maximum Gasteiger partial charge on any atom is 0.139 e. The third-order valence-corrected chi connectivity index (χ3v) is 7.62. The summed E-state index contributed by atoms with van der Waals surface area (Å²) in [7, 11) is 1.67. The van der Waals surface area contributed by atoms with Gasteiger partial charge < -0.3 is 19.7 Å². The summed E-state index contributed by atoms with van der Waals surface area (Å²) in [5.74, 6) is 2.72. The standard InChI is InChI=1S/C28H40ClN3O2/c1-21-22(2)27(34-18-4-12-30-20-23-5-6-23)10-7-24(21)11-13-31-14-16-32(17-15-31)25-8-9-26(29)28(19-25)33-3/h7-10,19,23,30H,4-6,11-18,20H2,1-3H3. The van der Waals surface area contributed by atoms with Gasteiger partial charge in [0.2, 0.25) is 0 Å². The van der Waals surface area contributed by atoms with Crippen molar-refractivity contribution in [3.63, 3.8) is 0 Å². The van der Waals surface area contributed by atoms with Crippen LogP contribution in [0.2, 0.25) is 5.02 Å². The van der Waals surface area contributed by atoms with Crippen molar-refractivity contribution in [3.8, 4) is 11.5 Å². The van der Waals surface area contributed by atoms with Crippen LogP contribution in [0.4, 0.5) is 5.69 Å². The van der Waals surface area contributed by atoms with Gasteiger partial charge in [-0.2, -0.15) is 0 Å². The van der Waals surface area contributed by atoms with E-state index in [2.05, 4.69) is 47.2 Å². The van der Waals surface area contributed by atoms with E-state index in [4.69, 9.17) is 21.1 Å². The van der Waals surface area contributed by atoms with Crippen LogP contribution in [0.25, 0.3) is 0 Å². The van der Waals surface area contributed by atoms with Crippen LogP contribution in [0.15, 0.2) is 30.3 Å². The van der Waals surface area contributed by atoms with Crippen LogP contribution in [-0.2, 0) is 6.42 Å². The first-order valence-electron chi connectivity index (χ1n) is 12.8. The van der Waals surface area contributed by atoms with Crippen LogP contribution in [0.5, 0.6) is 11.5 Å². The second-order valence-corrected chi connectivity index (χ2v) is 10.1. The molecule has 1 N–H and O–H groups in total. The largest absolute Gasteiger partial charge is 0.495 e. The molecular formula is C28H40ClN3O2. The monoisotopic (exact) mass is 485 g/mol. The van der Waals surface area contributed by atoms with Crippen LogP contribution >= 0.6 is 11.6 Å². The molecule has 0 radical (unpaired) electrons. The maximum atomic E-state index is 6.18. The Labute approximate surface area is 210 Å². The predicted molar refractivity (Wildman–Crippen MR) is 142 cm³/mol. The number of hydrogen-bond acceptors (Lipinski definition) is 5. The molecule has 1 heterocycles. The lowest BCUT2D eigenvalue weighted by atomic mass is 9.99. The first kappa shape index (κ1) is 25.2. The van der Waals surface area contributed by atoms with Crippen molar-refractivity contribution in [3.05, 3.63) is 52.0 Å². The highest BCUT2D eigenvalue weighted by Gasteiger charge is 2.20. The van der Waals surface area contributed by atoms with Gasteiger partial charge >= 0.3 is 0 Å². The molecule has 0 atom stereocenters. The topological polar surface area (TPSA) is 37.0 Å². The quantitative estimate of drug-likeness (QED) is 0.423. The second kappa shape index (κ2) is 12.1. The minimum Gasteiger partial charge on any atom is -0.495 e. The summed E-state index contributed by atoms with van der Waals surface area (Å²) >= 11 is 6.18. The van der Waals surface area contributed by atoms with Gasteiger partial charge in [-0.05, 0) is 93.4 Å². The average Bonchev–Trinajstić information content (AvgIpc) is 3.68. The number of benzene rings is 2. The highest BCUT2D eigenvalue weighted by molar-refractivity contribution is 6.32. The van der Waals surface area contributed by atoms with Gasteiger partial charge in [-0.3, -0.25) is 4.90 Å². The number of methoxy groups -OCH3 is 1. The molecule has 0 amide bonds. The van der Waals surface area contributed by atoms with Crippen LogP contribution in [0, 0.1) is 19.8 Å². The number of anilines is 1. The van der Waals surface area contributed by atoms with Crippen LogP contribution in [0.3, 0.4) is 0 Å². The number of nitrogens with zero attached hydrogens (tertiary/aromatic N) is 2.